The normalized spacial score (nSPS) is 14.1. The molecule has 0 fully saturated rings. The van der Waals surface area contributed by atoms with Crippen LogP contribution >= 0.6 is 0 Å². The molecule has 2 heteroatoms. The second-order valence-electron chi connectivity index (χ2n) is 17.4. The molecular weight excluding hydrogens is 689 g/mol. The summed E-state index contributed by atoms with van der Waals surface area (Å²) in [6.07, 6.45) is 44.4. The fourth-order valence-electron chi connectivity index (χ4n) is 8.51. The van der Waals surface area contributed by atoms with E-state index in [0.717, 1.165) is 12.8 Å². The number of hydrazine groups is 1. The van der Waals surface area contributed by atoms with Gasteiger partial charge < -0.3 is 0 Å². The molecule has 1 aliphatic heterocycles. The fraction of sp³-hybridized carbons (Fsp3) is 0.600. The zero-order valence-corrected chi connectivity index (χ0v) is 37.4. The Morgan fingerprint density at radius 1 is 0.439 bits per heavy atom. The van der Waals surface area contributed by atoms with E-state index >= 15 is 0 Å². The van der Waals surface area contributed by atoms with Crippen LogP contribution < -0.4 is 10.4 Å². The van der Waals surface area contributed by atoms with Crippen LogP contribution in [0.5, 0.6) is 0 Å². The number of nitrogens with zero attached hydrogens (tertiary/aromatic N) is 1. The first-order valence-electron chi connectivity index (χ1n) is 24.4. The molecule has 0 aromatic heterocycles. The molecule has 1 atom stereocenters. The van der Waals surface area contributed by atoms with Crippen molar-refractivity contribution in [1.82, 2.24) is 5.43 Å². The summed E-state index contributed by atoms with van der Waals surface area (Å²) in [5.74, 6) is 0. The van der Waals surface area contributed by atoms with Crippen molar-refractivity contribution < 1.29 is 0 Å². The Bertz CT molecular complexity index is 1510. The molecule has 4 rings (SSSR count). The molecular formula is C55H84N2. The highest BCUT2D eigenvalue weighted by atomic mass is 15.5. The summed E-state index contributed by atoms with van der Waals surface area (Å²) in [6, 6.07) is 26.3. The molecule has 0 saturated heterocycles. The van der Waals surface area contributed by atoms with Crippen molar-refractivity contribution in [2.24, 2.45) is 0 Å². The fourth-order valence-corrected chi connectivity index (χ4v) is 8.51. The highest BCUT2D eigenvalue weighted by Crippen LogP contribution is 2.36. The number of hydrogen-bond donors (Lipinski definition) is 1. The van der Waals surface area contributed by atoms with Crippen LogP contribution in [0, 0.1) is 0 Å². The Morgan fingerprint density at radius 3 is 1.40 bits per heavy atom. The lowest BCUT2D eigenvalue weighted by molar-refractivity contribution is 0.556. The maximum Gasteiger partial charge on any atom is 0.0958 e. The van der Waals surface area contributed by atoms with Crippen molar-refractivity contribution in [1.29, 1.82) is 0 Å². The Morgan fingerprint density at radius 2 is 0.877 bits per heavy atom. The number of hydrogen-bond acceptors (Lipinski definition) is 2. The number of unbranched alkanes of at least 4 members (excludes halogenated alkanes) is 20. The van der Waals surface area contributed by atoms with Gasteiger partial charge in [-0.15, -0.1) is 0 Å². The summed E-state index contributed by atoms with van der Waals surface area (Å²) in [4.78, 5) is 0. The Hall–Kier alpha value is -3.26. The molecule has 57 heavy (non-hydrogen) atoms. The molecule has 0 aliphatic carbocycles. The van der Waals surface area contributed by atoms with E-state index in [9.17, 15) is 0 Å². The number of aryl methyl sites for hydroxylation is 4. The quantitative estimate of drug-likeness (QED) is 0.0636. The topological polar surface area (TPSA) is 15.3 Å². The monoisotopic (exact) mass is 773 g/mol. The summed E-state index contributed by atoms with van der Waals surface area (Å²) in [7, 11) is 0. The van der Waals surface area contributed by atoms with Crippen LogP contribution in [0.25, 0.3) is 6.08 Å². The van der Waals surface area contributed by atoms with Crippen LogP contribution in [0.2, 0.25) is 0 Å². The van der Waals surface area contributed by atoms with Gasteiger partial charge in [-0.25, -0.2) is 0 Å². The van der Waals surface area contributed by atoms with Crippen molar-refractivity contribution in [2.75, 3.05) is 5.01 Å². The molecule has 1 unspecified atom stereocenters. The van der Waals surface area contributed by atoms with Gasteiger partial charge in [-0.3, -0.25) is 10.4 Å². The zero-order valence-electron chi connectivity index (χ0n) is 37.4. The van der Waals surface area contributed by atoms with Gasteiger partial charge in [0.1, 0.15) is 0 Å². The number of rotatable bonds is 32. The third kappa shape index (κ3) is 18.0. The van der Waals surface area contributed by atoms with Crippen LogP contribution in [-0.2, 0) is 25.7 Å². The van der Waals surface area contributed by atoms with Crippen LogP contribution in [0.3, 0.4) is 0 Å². The van der Waals surface area contributed by atoms with E-state index in [1.165, 1.54) is 212 Å². The van der Waals surface area contributed by atoms with Gasteiger partial charge in [0.15, 0.2) is 0 Å². The summed E-state index contributed by atoms with van der Waals surface area (Å²) >= 11 is 0. The highest BCUT2D eigenvalue weighted by Gasteiger charge is 2.27. The number of anilines is 1. The van der Waals surface area contributed by atoms with Gasteiger partial charge in [0.2, 0.25) is 0 Å². The van der Waals surface area contributed by atoms with Crippen LogP contribution in [0.15, 0.2) is 84.6 Å². The molecule has 1 N–H and O–H groups in total. The van der Waals surface area contributed by atoms with Gasteiger partial charge in [-0.1, -0.05) is 223 Å². The largest absolute Gasteiger partial charge is 0.298 e. The van der Waals surface area contributed by atoms with E-state index in [4.69, 9.17) is 0 Å². The molecule has 0 bridgehead atoms. The standard InChI is InChI=1S/C55H84N2/c1-5-9-13-15-17-19-21-23-25-27-30-47-33-35-49(36-34-47)39-43-53-46-55(57(56-53)54-44-40-50(29-11-7-3)45-52(54)32-12-8-4)51-41-37-48(38-42-51)31-28-26-24-22-20-18-16-14-10-6-2/h33-46,55-56H,5-32H2,1-4H3. The maximum atomic E-state index is 3.87. The average Bonchev–Trinajstić information content (AvgIpc) is 3.67. The predicted octanol–water partition coefficient (Wildman–Crippen LogP) is 17.0. The Labute approximate surface area is 352 Å². The molecule has 0 amide bonds. The minimum atomic E-state index is 0.140. The molecule has 3 aromatic rings. The molecule has 0 saturated carbocycles. The van der Waals surface area contributed by atoms with Crippen molar-refractivity contribution in [3.8, 4) is 0 Å². The van der Waals surface area contributed by atoms with Gasteiger partial charge in [0, 0.05) is 0 Å². The number of benzene rings is 3. The molecule has 1 heterocycles. The summed E-state index contributed by atoms with van der Waals surface area (Å²) in [5.41, 5.74) is 14.9. The number of allylic oxidation sites excluding steroid dienone is 1. The second-order valence-corrected chi connectivity index (χ2v) is 17.4. The zero-order chi connectivity index (χ0) is 40.2. The van der Waals surface area contributed by atoms with Gasteiger partial charge in [-0.05, 0) is 103 Å². The van der Waals surface area contributed by atoms with E-state index in [-0.39, 0.29) is 6.04 Å². The first-order valence-corrected chi connectivity index (χ1v) is 24.4. The molecule has 0 spiro atoms. The van der Waals surface area contributed by atoms with Crippen LogP contribution in [0.1, 0.15) is 221 Å². The maximum absolute atomic E-state index is 3.87. The van der Waals surface area contributed by atoms with E-state index in [1.807, 2.05) is 0 Å². The Balaban J connectivity index is 1.37. The molecule has 314 valence electrons. The van der Waals surface area contributed by atoms with Crippen molar-refractivity contribution in [3.05, 3.63) is 118 Å². The summed E-state index contributed by atoms with van der Waals surface area (Å²) in [5, 5.41) is 2.45. The van der Waals surface area contributed by atoms with Gasteiger partial charge >= 0.3 is 0 Å². The van der Waals surface area contributed by atoms with E-state index < -0.39 is 0 Å². The van der Waals surface area contributed by atoms with E-state index in [1.54, 1.807) is 0 Å². The first kappa shape index (κ1) is 46.4. The number of nitrogens with one attached hydrogen (secondary N) is 1. The molecule has 3 aromatic carbocycles. The molecule has 1 aliphatic rings. The average molecular weight is 773 g/mol. The minimum Gasteiger partial charge on any atom is -0.298 e. The highest BCUT2D eigenvalue weighted by molar-refractivity contribution is 5.61. The summed E-state index contributed by atoms with van der Waals surface area (Å²) < 4.78 is 0. The first-order chi connectivity index (χ1) is 28.1. The van der Waals surface area contributed by atoms with Crippen molar-refractivity contribution >= 4 is 11.8 Å². The molecule has 0 radical (unpaired) electrons. The van der Waals surface area contributed by atoms with Gasteiger partial charge in [-0.2, -0.15) is 0 Å². The van der Waals surface area contributed by atoms with Crippen LogP contribution in [0.4, 0.5) is 5.69 Å². The minimum absolute atomic E-state index is 0.140. The SMILES string of the molecule is CCCCCCCCCCCCc1ccc(C=CC2=CC(c3ccc(CCCCCCCCCCCC)cc3)N(c3ccc(CCCC)cc3CCCC)N2)cc1. The lowest BCUT2D eigenvalue weighted by Gasteiger charge is -2.30. The van der Waals surface area contributed by atoms with E-state index in [2.05, 4.69) is 123 Å². The van der Waals surface area contributed by atoms with Crippen molar-refractivity contribution in [3.63, 3.8) is 0 Å². The van der Waals surface area contributed by atoms with Crippen molar-refractivity contribution in [2.45, 2.75) is 214 Å². The molecule has 2 nitrogen and oxygen atoms in total. The third-order valence-electron chi connectivity index (χ3n) is 12.3. The predicted molar refractivity (Wildman–Crippen MR) is 253 cm³/mol. The van der Waals surface area contributed by atoms with Gasteiger partial charge in [0.05, 0.1) is 17.4 Å². The second kappa shape index (κ2) is 29.0. The van der Waals surface area contributed by atoms with Crippen LogP contribution in [-0.4, -0.2) is 0 Å². The third-order valence-corrected chi connectivity index (χ3v) is 12.3. The summed E-state index contributed by atoms with van der Waals surface area (Å²) in [6.45, 7) is 9.21. The van der Waals surface area contributed by atoms with Gasteiger partial charge in [0.25, 0.3) is 0 Å². The lowest BCUT2D eigenvalue weighted by Crippen LogP contribution is -2.35. The smallest absolute Gasteiger partial charge is 0.0958 e. The van der Waals surface area contributed by atoms with E-state index in [0.29, 0.717) is 0 Å². The lowest BCUT2D eigenvalue weighted by atomic mass is 9.97. The Kier molecular flexibility index (Phi) is 23.6.